The van der Waals surface area contributed by atoms with E-state index in [1.807, 2.05) is 23.3 Å². The highest BCUT2D eigenvalue weighted by Gasteiger charge is 2.50. The Labute approximate surface area is 231 Å². The van der Waals surface area contributed by atoms with Gasteiger partial charge in [0.2, 0.25) is 0 Å². The number of alkyl halides is 3. The number of halogens is 4. The number of aliphatic imine (C=N–C) groups is 1. The minimum atomic E-state index is -4.63. The van der Waals surface area contributed by atoms with Crippen LogP contribution in [-0.4, -0.2) is 52.8 Å². The molecule has 1 unspecified atom stereocenters. The average Bonchev–Trinajstić information content (AvgIpc) is 3.01. The summed E-state index contributed by atoms with van der Waals surface area (Å²) in [5, 5.41) is 12.0. The molecule has 1 atom stereocenters. The van der Waals surface area contributed by atoms with Crippen LogP contribution in [0.2, 0.25) is 0 Å². The van der Waals surface area contributed by atoms with Gasteiger partial charge in [0.25, 0.3) is 0 Å². The van der Waals surface area contributed by atoms with Crippen LogP contribution < -0.4 is 10.6 Å². The molecule has 1 fully saturated rings. The minimum Gasteiger partial charge on any atom is -0.496 e. The van der Waals surface area contributed by atoms with Crippen molar-refractivity contribution in [2.24, 2.45) is 4.99 Å². The summed E-state index contributed by atoms with van der Waals surface area (Å²) in [4.78, 5) is 7.42. The van der Waals surface area contributed by atoms with Gasteiger partial charge in [0.1, 0.15) is 5.76 Å². The van der Waals surface area contributed by atoms with Crippen LogP contribution in [0.4, 0.5) is 24.5 Å². The lowest BCUT2D eigenvalue weighted by atomic mass is 9.93. The number of nitrogens with two attached hydrogens (primary N) is 1. The lowest BCUT2D eigenvalue weighted by Gasteiger charge is -2.33. The summed E-state index contributed by atoms with van der Waals surface area (Å²) in [6, 6.07) is 2.66. The number of hydrogen-bond acceptors (Lipinski definition) is 5. The first-order valence-corrected chi connectivity index (χ1v) is 13.3. The number of thiocarbonyl (C=S) groups is 1. The van der Waals surface area contributed by atoms with Gasteiger partial charge in [0.05, 0.1) is 22.7 Å². The zero-order valence-corrected chi connectivity index (χ0v) is 23.2. The van der Waals surface area contributed by atoms with E-state index in [4.69, 9.17) is 34.3 Å². The van der Waals surface area contributed by atoms with E-state index in [2.05, 4.69) is 4.99 Å². The van der Waals surface area contributed by atoms with Crippen molar-refractivity contribution < 1.29 is 23.0 Å². The molecule has 4 rings (SSSR count). The first-order valence-electron chi connectivity index (χ1n) is 12.5. The van der Waals surface area contributed by atoms with E-state index < -0.39 is 23.5 Å². The predicted molar refractivity (Wildman–Crippen MR) is 149 cm³/mol. The van der Waals surface area contributed by atoms with Gasteiger partial charge in [-0.15, -0.1) is 0 Å². The Balaban J connectivity index is 1.43. The standard InChI is InChI=1S/C27H32ClF3N4O2S/c1-16-21(7-6-20(32)23(16)27(29,30)31)35-24(36)26(2,3)34(25(35)38)13-4-14-37-22-8-5-18(15-19(22)28)17-9-11-33-12-10-17/h6-7,9,11,15,24,36H,4-5,8,10,12-14,32H2,1-3H3. The molecule has 2 heterocycles. The molecular weight excluding hydrogens is 537 g/mol. The number of ether oxygens (including phenoxy) is 1. The third kappa shape index (κ3) is 5.44. The number of dihydropyridines is 1. The van der Waals surface area contributed by atoms with Gasteiger partial charge < -0.3 is 20.5 Å². The van der Waals surface area contributed by atoms with E-state index in [9.17, 15) is 18.3 Å². The quantitative estimate of drug-likeness (QED) is 0.236. The summed E-state index contributed by atoms with van der Waals surface area (Å²) < 4.78 is 47.0. The molecule has 0 radical (unpaired) electrons. The maximum Gasteiger partial charge on any atom is 0.418 e. The van der Waals surface area contributed by atoms with Crippen LogP contribution in [0.1, 0.15) is 50.7 Å². The second-order valence-electron chi connectivity index (χ2n) is 10.1. The number of nitrogens with zero attached hydrogens (tertiary/aromatic N) is 3. The molecule has 1 saturated heterocycles. The Morgan fingerprint density at radius 2 is 1.97 bits per heavy atom. The van der Waals surface area contributed by atoms with Crippen molar-refractivity contribution in [3.05, 3.63) is 57.3 Å². The van der Waals surface area contributed by atoms with Crippen molar-refractivity contribution in [2.45, 2.75) is 64.4 Å². The van der Waals surface area contributed by atoms with Crippen LogP contribution in [0, 0.1) is 6.92 Å². The van der Waals surface area contributed by atoms with Crippen molar-refractivity contribution in [1.82, 2.24) is 4.90 Å². The number of rotatable bonds is 7. The number of benzene rings is 1. The van der Waals surface area contributed by atoms with E-state index in [1.165, 1.54) is 35.1 Å². The predicted octanol–water partition coefficient (Wildman–Crippen LogP) is 6.08. The van der Waals surface area contributed by atoms with Crippen molar-refractivity contribution in [3.63, 3.8) is 0 Å². The molecular formula is C27H32ClF3N4O2S. The highest BCUT2D eigenvalue weighted by Crippen LogP contribution is 2.43. The Hall–Kier alpha value is -2.56. The number of aliphatic hydroxyl groups is 1. The fourth-order valence-corrected chi connectivity index (χ4v) is 5.96. The molecule has 0 aromatic heterocycles. The zero-order valence-electron chi connectivity index (χ0n) is 21.6. The molecule has 0 amide bonds. The van der Waals surface area contributed by atoms with E-state index in [-0.39, 0.29) is 22.1 Å². The molecule has 1 aromatic rings. The van der Waals surface area contributed by atoms with E-state index >= 15 is 0 Å². The highest BCUT2D eigenvalue weighted by atomic mass is 35.5. The Bertz CT molecular complexity index is 1240. The maximum absolute atomic E-state index is 13.7. The van der Waals surface area contributed by atoms with Crippen LogP contribution in [0.5, 0.6) is 0 Å². The summed E-state index contributed by atoms with van der Waals surface area (Å²) >= 11 is 12.2. The molecule has 3 aliphatic rings. The van der Waals surface area contributed by atoms with E-state index in [1.54, 1.807) is 13.8 Å². The third-order valence-electron chi connectivity index (χ3n) is 7.32. The monoisotopic (exact) mass is 568 g/mol. The van der Waals surface area contributed by atoms with Gasteiger partial charge in [-0.2, -0.15) is 13.2 Å². The summed E-state index contributed by atoms with van der Waals surface area (Å²) in [6.45, 7) is 6.56. The molecule has 3 N–H and O–H groups in total. The van der Waals surface area contributed by atoms with Gasteiger partial charge in [-0.1, -0.05) is 11.6 Å². The Kier molecular flexibility index (Phi) is 8.16. The highest BCUT2D eigenvalue weighted by molar-refractivity contribution is 7.80. The molecule has 0 spiro atoms. The van der Waals surface area contributed by atoms with Crippen LogP contribution in [-0.2, 0) is 10.9 Å². The number of hydrogen-bond donors (Lipinski definition) is 2. The molecule has 0 bridgehead atoms. The van der Waals surface area contributed by atoms with E-state index in [0.29, 0.717) is 31.0 Å². The Morgan fingerprint density at radius 3 is 2.61 bits per heavy atom. The SMILES string of the molecule is Cc1c(N2C(=S)N(CCCOC3=C(Cl)C=C(C4=CC=NCC4)CC3)C(C)(C)C2O)ccc(N)c1C(F)(F)F. The topological polar surface area (TPSA) is 74.3 Å². The van der Waals surface area contributed by atoms with Gasteiger partial charge in [0.15, 0.2) is 11.3 Å². The van der Waals surface area contributed by atoms with Crippen molar-refractivity contribution in [2.75, 3.05) is 30.3 Å². The first kappa shape index (κ1) is 28.4. The maximum atomic E-state index is 13.7. The fraction of sp³-hybridized carbons (Fsp3) is 0.481. The second kappa shape index (κ2) is 10.9. The van der Waals surface area contributed by atoms with E-state index in [0.717, 1.165) is 25.1 Å². The summed E-state index contributed by atoms with van der Waals surface area (Å²) in [5.41, 5.74) is 6.06. The Morgan fingerprint density at radius 1 is 1.24 bits per heavy atom. The van der Waals surface area contributed by atoms with Gasteiger partial charge in [-0.25, -0.2) is 0 Å². The van der Waals surface area contributed by atoms with Crippen molar-refractivity contribution in [1.29, 1.82) is 0 Å². The molecule has 6 nitrogen and oxygen atoms in total. The first-order chi connectivity index (χ1) is 17.8. The molecule has 2 aliphatic heterocycles. The smallest absolute Gasteiger partial charge is 0.418 e. The number of anilines is 2. The second-order valence-corrected chi connectivity index (χ2v) is 10.9. The lowest BCUT2D eigenvalue weighted by Crippen LogP contribution is -2.47. The van der Waals surface area contributed by atoms with Gasteiger partial charge in [0, 0.05) is 37.1 Å². The van der Waals surface area contributed by atoms with Gasteiger partial charge in [-0.05, 0) is 93.2 Å². The number of allylic oxidation sites excluding steroid dienone is 5. The zero-order chi connectivity index (χ0) is 27.8. The normalized spacial score (nSPS) is 21.7. The summed E-state index contributed by atoms with van der Waals surface area (Å²) in [7, 11) is 0. The third-order valence-corrected chi connectivity index (χ3v) is 8.05. The number of aliphatic hydroxyl groups excluding tert-OH is 1. The molecule has 0 saturated carbocycles. The summed E-state index contributed by atoms with van der Waals surface area (Å²) in [5.74, 6) is 0.739. The largest absolute Gasteiger partial charge is 0.496 e. The van der Waals surface area contributed by atoms with Gasteiger partial charge in [-0.3, -0.25) is 9.89 Å². The minimum absolute atomic E-state index is 0.0811. The molecule has 1 aliphatic carbocycles. The number of nitrogen functional groups attached to an aromatic ring is 1. The molecule has 38 heavy (non-hydrogen) atoms. The van der Waals surface area contributed by atoms with Crippen molar-refractivity contribution in [3.8, 4) is 0 Å². The lowest BCUT2D eigenvalue weighted by molar-refractivity contribution is -0.137. The average molecular weight is 569 g/mol. The molecule has 11 heteroatoms. The fourth-order valence-electron chi connectivity index (χ4n) is 5.15. The van der Waals surface area contributed by atoms with Crippen LogP contribution in [0.15, 0.2) is 51.2 Å². The molecule has 1 aromatic carbocycles. The van der Waals surface area contributed by atoms with Crippen LogP contribution in [0.3, 0.4) is 0 Å². The summed E-state index contributed by atoms with van der Waals surface area (Å²) in [6.07, 6.45) is 3.06. The van der Waals surface area contributed by atoms with Crippen molar-refractivity contribution >= 4 is 46.5 Å². The van der Waals surface area contributed by atoms with Crippen LogP contribution in [0.25, 0.3) is 0 Å². The molecule has 206 valence electrons. The van der Waals surface area contributed by atoms with Crippen LogP contribution >= 0.6 is 23.8 Å². The van der Waals surface area contributed by atoms with Gasteiger partial charge >= 0.3 is 6.18 Å².